The molecule has 1 aliphatic heterocycles. The van der Waals surface area contributed by atoms with Gasteiger partial charge in [-0.3, -0.25) is 4.98 Å². The number of hydrogen-bond donors (Lipinski definition) is 1. The van der Waals surface area contributed by atoms with Gasteiger partial charge in [-0.25, -0.2) is 4.39 Å². The molecular weight excluding hydrogens is 253 g/mol. The lowest BCUT2D eigenvalue weighted by Crippen LogP contribution is -2.39. The van der Waals surface area contributed by atoms with E-state index in [1.165, 1.54) is 32.0 Å². The first-order valence-electron chi connectivity index (χ1n) is 7.74. The highest BCUT2D eigenvalue weighted by molar-refractivity contribution is 5.14. The van der Waals surface area contributed by atoms with Crippen molar-refractivity contribution in [2.45, 2.75) is 51.6 Å². The molecule has 0 bridgehead atoms. The van der Waals surface area contributed by atoms with Gasteiger partial charge in [-0.15, -0.1) is 0 Å². The molecule has 0 spiro atoms. The van der Waals surface area contributed by atoms with Crippen LogP contribution in [0.25, 0.3) is 0 Å². The van der Waals surface area contributed by atoms with Crippen molar-refractivity contribution in [1.82, 2.24) is 15.2 Å². The molecular formula is C16H26FN3. The van der Waals surface area contributed by atoms with Gasteiger partial charge in [0.1, 0.15) is 5.82 Å². The summed E-state index contributed by atoms with van der Waals surface area (Å²) in [6, 6.07) is 2.43. The summed E-state index contributed by atoms with van der Waals surface area (Å²) >= 11 is 0. The van der Waals surface area contributed by atoms with Gasteiger partial charge in [-0.1, -0.05) is 6.42 Å². The number of pyridine rings is 1. The van der Waals surface area contributed by atoms with Crippen LogP contribution in [-0.4, -0.2) is 35.6 Å². The first-order valence-corrected chi connectivity index (χ1v) is 7.74. The average molecular weight is 279 g/mol. The highest BCUT2D eigenvalue weighted by Crippen LogP contribution is 2.16. The predicted molar refractivity (Wildman–Crippen MR) is 80.1 cm³/mol. The molecule has 1 aromatic rings. The van der Waals surface area contributed by atoms with Crippen LogP contribution < -0.4 is 5.32 Å². The summed E-state index contributed by atoms with van der Waals surface area (Å²) in [6.45, 7) is 7.74. The third-order valence-corrected chi connectivity index (χ3v) is 4.24. The molecule has 1 N–H and O–H groups in total. The lowest BCUT2D eigenvalue weighted by Gasteiger charge is -2.33. The van der Waals surface area contributed by atoms with Crippen molar-refractivity contribution < 1.29 is 4.39 Å². The van der Waals surface area contributed by atoms with Crippen molar-refractivity contribution in [2.75, 3.05) is 19.6 Å². The van der Waals surface area contributed by atoms with Crippen LogP contribution in [0.4, 0.5) is 4.39 Å². The molecule has 4 heteroatoms. The van der Waals surface area contributed by atoms with E-state index in [4.69, 9.17) is 0 Å². The van der Waals surface area contributed by atoms with E-state index in [2.05, 4.69) is 29.0 Å². The topological polar surface area (TPSA) is 28.2 Å². The van der Waals surface area contributed by atoms with Crippen LogP contribution in [0.3, 0.4) is 0 Å². The van der Waals surface area contributed by atoms with E-state index < -0.39 is 0 Å². The van der Waals surface area contributed by atoms with Crippen LogP contribution in [0.15, 0.2) is 18.5 Å². The maximum atomic E-state index is 13.1. The number of rotatable bonds is 6. The monoisotopic (exact) mass is 279 g/mol. The molecule has 112 valence electrons. The number of nitrogens with zero attached hydrogens (tertiary/aromatic N) is 2. The smallest absolute Gasteiger partial charge is 0.141 e. The van der Waals surface area contributed by atoms with Crippen molar-refractivity contribution in [3.8, 4) is 0 Å². The Morgan fingerprint density at radius 1 is 1.45 bits per heavy atom. The van der Waals surface area contributed by atoms with E-state index in [-0.39, 0.29) is 11.9 Å². The fraction of sp³-hybridized carbons (Fsp3) is 0.688. The lowest BCUT2D eigenvalue weighted by atomic mass is 10.0. The fourth-order valence-electron chi connectivity index (χ4n) is 2.87. The van der Waals surface area contributed by atoms with Crippen LogP contribution in [0.2, 0.25) is 0 Å². The molecule has 2 atom stereocenters. The van der Waals surface area contributed by atoms with Crippen molar-refractivity contribution in [2.24, 2.45) is 0 Å². The van der Waals surface area contributed by atoms with Gasteiger partial charge in [0.25, 0.3) is 0 Å². The molecule has 0 amide bonds. The molecule has 0 aliphatic carbocycles. The summed E-state index contributed by atoms with van der Waals surface area (Å²) < 4.78 is 13.1. The van der Waals surface area contributed by atoms with Gasteiger partial charge in [0, 0.05) is 18.3 Å². The van der Waals surface area contributed by atoms with Crippen LogP contribution in [-0.2, 0) is 0 Å². The normalized spacial score (nSPS) is 21.9. The molecule has 1 saturated heterocycles. The van der Waals surface area contributed by atoms with Crippen molar-refractivity contribution in [3.05, 3.63) is 29.8 Å². The van der Waals surface area contributed by atoms with E-state index in [0.29, 0.717) is 0 Å². The standard InChI is InChI=1S/C16H26FN3/c1-13-6-3-4-8-20(13)9-5-7-19-14(2)15-10-16(17)12-18-11-15/h10-14,19H,3-9H2,1-2H3. The second-order valence-electron chi connectivity index (χ2n) is 5.85. The minimum Gasteiger partial charge on any atom is -0.310 e. The summed E-state index contributed by atoms with van der Waals surface area (Å²) in [5.41, 5.74) is 0.913. The fourth-order valence-corrected chi connectivity index (χ4v) is 2.87. The zero-order valence-corrected chi connectivity index (χ0v) is 12.6. The first-order chi connectivity index (χ1) is 9.66. The van der Waals surface area contributed by atoms with Crippen molar-refractivity contribution in [3.63, 3.8) is 0 Å². The van der Waals surface area contributed by atoms with Gasteiger partial charge in [-0.2, -0.15) is 0 Å². The molecule has 0 aromatic carbocycles. The van der Waals surface area contributed by atoms with Crippen LogP contribution >= 0.6 is 0 Å². The second-order valence-corrected chi connectivity index (χ2v) is 5.85. The quantitative estimate of drug-likeness (QED) is 0.811. The van der Waals surface area contributed by atoms with Gasteiger partial charge in [0.2, 0.25) is 0 Å². The Kier molecular flexibility index (Phi) is 5.92. The Bertz CT molecular complexity index is 410. The molecule has 1 aliphatic rings. The summed E-state index contributed by atoms with van der Waals surface area (Å²) in [6.07, 6.45) is 8.15. The minimum atomic E-state index is -0.265. The van der Waals surface area contributed by atoms with E-state index in [9.17, 15) is 4.39 Å². The molecule has 1 aromatic heterocycles. The van der Waals surface area contributed by atoms with Gasteiger partial charge < -0.3 is 10.2 Å². The van der Waals surface area contributed by atoms with Crippen molar-refractivity contribution in [1.29, 1.82) is 0 Å². The maximum Gasteiger partial charge on any atom is 0.141 e. The first kappa shape index (κ1) is 15.4. The summed E-state index contributed by atoms with van der Waals surface area (Å²) in [4.78, 5) is 6.48. The zero-order valence-electron chi connectivity index (χ0n) is 12.6. The number of hydrogen-bond acceptors (Lipinski definition) is 3. The molecule has 1 fully saturated rings. The Morgan fingerprint density at radius 3 is 3.05 bits per heavy atom. The Balaban J connectivity index is 1.67. The van der Waals surface area contributed by atoms with Gasteiger partial charge in [0.15, 0.2) is 0 Å². The van der Waals surface area contributed by atoms with Crippen LogP contribution in [0.1, 0.15) is 51.1 Å². The van der Waals surface area contributed by atoms with Gasteiger partial charge in [-0.05, 0) is 64.4 Å². The number of aromatic nitrogens is 1. The van der Waals surface area contributed by atoms with Crippen LogP contribution in [0.5, 0.6) is 0 Å². The molecule has 2 unspecified atom stereocenters. The third-order valence-electron chi connectivity index (χ3n) is 4.24. The summed E-state index contributed by atoms with van der Waals surface area (Å²) in [5, 5.41) is 3.45. The number of halogens is 1. The Hall–Kier alpha value is -1.00. The van der Waals surface area contributed by atoms with Gasteiger partial charge in [0.05, 0.1) is 6.20 Å². The molecule has 3 nitrogen and oxygen atoms in total. The van der Waals surface area contributed by atoms with E-state index in [1.807, 2.05) is 0 Å². The number of nitrogens with one attached hydrogen (secondary N) is 1. The average Bonchev–Trinajstić information content (AvgIpc) is 2.45. The highest BCUT2D eigenvalue weighted by Gasteiger charge is 2.17. The summed E-state index contributed by atoms with van der Waals surface area (Å²) in [7, 11) is 0. The third kappa shape index (κ3) is 4.53. The van der Waals surface area contributed by atoms with E-state index in [1.54, 1.807) is 12.3 Å². The maximum absolute atomic E-state index is 13.1. The van der Waals surface area contributed by atoms with E-state index >= 15 is 0 Å². The predicted octanol–water partition coefficient (Wildman–Crippen LogP) is 3.14. The molecule has 2 rings (SSSR count). The highest BCUT2D eigenvalue weighted by atomic mass is 19.1. The Labute approximate surface area is 121 Å². The summed E-state index contributed by atoms with van der Waals surface area (Å²) in [5.74, 6) is -0.265. The van der Waals surface area contributed by atoms with Gasteiger partial charge >= 0.3 is 0 Å². The number of likely N-dealkylation sites (tertiary alicyclic amines) is 1. The number of piperidine rings is 1. The Morgan fingerprint density at radius 2 is 2.30 bits per heavy atom. The zero-order chi connectivity index (χ0) is 14.4. The molecule has 20 heavy (non-hydrogen) atoms. The van der Waals surface area contributed by atoms with E-state index in [0.717, 1.165) is 31.1 Å². The molecule has 0 saturated carbocycles. The lowest BCUT2D eigenvalue weighted by molar-refractivity contribution is 0.158. The van der Waals surface area contributed by atoms with Crippen molar-refractivity contribution >= 4 is 0 Å². The SMILES string of the molecule is CC(NCCCN1CCCCC1C)c1cncc(F)c1. The second kappa shape index (κ2) is 7.70. The largest absolute Gasteiger partial charge is 0.310 e. The molecule has 2 heterocycles. The minimum absolute atomic E-state index is 0.150. The van der Waals surface area contributed by atoms with Crippen LogP contribution in [0, 0.1) is 5.82 Å². The molecule has 0 radical (unpaired) electrons.